The van der Waals surface area contributed by atoms with E-state index in [1.807, 2.05) is 67.5 Å². The summed E-state index contributed by atoms with van der Waals surface area (Å²) in [4.78, 5) is 21.3. The number of ether oxygens (including phenoxy) is 1. The second kappa shape index (κ2) is 10.2. The summed E-state index contributed by atoms with van der Waals surface area (Å²) >= 11 is 1.58. The molecule has 0 radical (unpaired) electrons. The predicted molar refractivity (Wildman–Crippen MR) is 133 cm³/mol. The zero-order chi connectivity index (χ0) is 23.4. The molecule has 1 amide bonds. The highest BCUT2D eigenvalue weighted by molar-refractivity contribution is 7.99. The first kappa shape index (κ1) is 23.0. The van der Waals surface area contributed by atoms with Gasteiger partial charge in [-0.15, -0.1) is 10.2 Å². The number of unbranched alkanes of at least 4 members (excludes halogenated alkanes) is 2. The molecule has 0 N–H and O–H groups in total. The summed E-state index contributed by atoms with van der Waals surface area (Å²) in [6.45, 7) is 3.73. The van der Waals surface area contributed by atoms with E-state index >= 15 is 0 Å². The normalized spacial score (nSPS) is 14.7. The van der Waals surface area contributed by atoms with Crippen molar-refractivity contribution in [3.63, 3.8) is 0 Å². The second-order valence-electron chi connectivity index (χ2n) is 8.17. The van der Waals surface area contributed by atoms with E-state index in [2.05, 4.69) is 17.1 Å². The van der Waals surface area contributed by atoms with Crippen LogP contribution in [-0.2, 0) is 4.79 Å². The number of fused-ring (bicyclic) bond motifs is 3. The lowest BCUT2D eigenvalue weighted by Crippen LogP contribution is -2.36. The van der Waals surface area contributed by atoms with Crippen molar-refractivity contribution in [3.05, 3.63) is 54.1 Å². The number of para-hydroxylation sites is 1. The summed E-state index contributed by atoms with van der Waals surface area (Å²) in [5.41, 5.74) is 3.97. The molecule has 2 aromatic carbocycles. The van der Waals surface area contributed by atoms with Gasteiger partial charge in [0.25, 0.3) is 0 Å². The SMILES string of the molecule is CCCCCSc1nnc2c(n1)O[C@H](c1ccc(N(C)C)cc1)N(C(C)=O)c1ccccc1-2. The van der Waals surface area contributed by atoms with Gasteiger partial charge in [-0.25, -0.2) is 0 Å². The van der Waals surface area contributed by atoms with Gasteiger partial charge in [-0.3, -0.25) is 9.69 Å². The van der Waals surface area contributed by atoms with Crippen molar-refractivity contribution >= 4 is 29.0 Å². The Labute approximate surface area is 199 Å². The first-order chi connectivity index (χ1) is 16.0. The van der Waals surface area contributed by atoms with Crippen molar-refractivity contribution < 1.29 is 9.53 Å². The summed E-state index contributed by atoms with van der Waals surface area (Å²) in [5, 5.41) is 9.40. The molecule has 0 unspecified atom stereocenters. The van der Waals surface area contributed by atoms with Crippen LogP contribution in [0.3, 0.4) is 0 Å². The summed E-state index contributed by atoms with van der Waals surface area (Å²) in [7, 11) is 3.99. The van der Waals surface area contributed by atoms with E-state index in [1.54, 1.807) is 23.6 Å². The predicted octanol–water partition coefficient (Wildman–Crippen LogP) is 5.33. The number of hydrogen-bond donors (Lipinski definition) is 0. The van der Waals surface area contributed by atoms with Crippen LogP contribution in [0.1, 0.15) is 44.9 Å². The Morgan fingerprint density at radius 3 is 2.55 bits per heavy atom. The van der Waals surface area contributed by atoms with Gasteiger partial charge in [0.2, 0.25) is 23.2 Å². The molecule has 8 heteroatoms. The highest BCUT2D eigenvalue weighted by Gasteiger charge is 2.34. The summed E-state index contributed by atoms with van der Waals surface area (Å²) in [6.07, 6.45) is 2.77. The fraction of sp³-hybridized carbons (Fsp3) is 0.360. The number of hydrogen-bond acceptors (Lipinski definition) is 7. The summed E-state index contributed by atoms with van der Waals surface area (Å²) < 4.78 is 6.43. The number of nitrogens with zero attached hydrogens (tertiary/aromatic N) is 5. The van der Waals surface area contributed by atoms with Gasteiger partial charge in [-0.05, 0) is 24.6 Å². The molecular formula is C25H29N5O2S. The van der Waals surface area contributed by atoms with Crippen molar-refractivity contribution in [2.45, 2.75) is 44.5 Å². The largest absolute Gasteiger partial charge is 0.447 e. The first-order valence-corrected chi connectivity index (χ1v) is 12.2. The Hall–Kier alpha value is -3.13. The molecule has 0 spiro atoms. The average molecular weight is 464 g/mol. The van der Waals surface area contributed by atoms with Crippen molar-refractivity contribution in [1.82, 2.24) is 15.2 Å². The molecule has 1 aliphatic heterocycles. The second-order valence-corrected chi connectivity index (χ2v) is 9.23. The fourth-order valence-electron chi connectivity index (χ4n) is 3.78. The Kier molecular flexibility index (Phi) is 7.13. The van der Waals surface area contributed by atoms with E-state index in [9.17, 15) is 4.79 Å². The lowest BCUT2D eigenvalue weighted by Gasteiger charge is -2.30. The van der Waals surface area contributed by atoms with Crippen LogP contribution in [0.2, 0.25) is 0 Å². The van der Waals surface area contributed by atoms with Crippen molar-refractivity contribution in [1.29, 1.82) is 0 Å². The number of amides is 1. The van der Waals surface area contributed by atoms with Crippen LogP contribution in [0.5, 0.6) is 5.88 Å². The molecule has 1 aromatic heterocycles. The zero-order valence-corrected chi connectivity index (χ0v) is 20.3. The van der Waals surface area contributed by atoms with E-state index in [4.69, 9.17) is 9.72 Å². The van der Waals surface area contributed by atoms with Crippen LogP contribution in [-0.4, -0.2) is 40.9 Å². The van der Waals surface area contributed by atoms with Crippen molar-refractivity contribution in [2.75, 3.05) is 29.6 Å². The quantitative estimate of drug-likeness (QED) is 0.346. The van der Waals surface area contributed by atoms with Gasteiger partial charge >= 0.3 is 0 Å². The maximum Gasteiger partial charge on any atom is 0.247 e. The lowest BCUT2D eigenvalue weighted by molar-refractivity contribution is -0.118. The molecule has 7 nitrogen and oxygen atoms in total. The maximum atomic E-state index is 12.9. The van der Waals surface area contributed by atoms with E-state index in [0.29, 0.717) is 16.7 Å². The highest BCUT2D eigenvalue weighted by Crippen LogP contribution is 2.43. The maximum absolute atomic E-state index is 12.9. The first-order valence-electron chi connectivity index (χ1n) is 11.2. The van der Waals surface area contributed by atoms with Crippen molar-refractivity contribution in [2.24, 2.45) is 0 Å². The van der Waals surface area contributed by atoms with Crippen LogP contribution in [0, 0.1) is 0 Å². The molecule has 172 valence electrons. The van der Waals surface area contributed by atoms with E-state index < -0.39 is 6.23 Å². The van der Waals surface area contributed by atoms with E-state index in [0.717, 1.165) is 34.7 Å². The minimum atomic E-state index is -0.671. The molecule has 4 rings (SSSR count). The molecule has 33 heavy (non-hydrogen) atoms. The summed E-state index contributed by atoms with van der Waals surface area (Å²) in [5.74, 6) is 1.19. The molecule has 1 aliphatic rings. The third-order valence-electron chi connectivity index (χ3n) is 5.52. The van der Waals surface area contributed by atoms with Gasteiger partial charge < -0.3 is 9.64 Å². The number of carbonyl (C=O) groups excluding carboxylic acids is 1. The van der Waals surface area contributed by atoms with Gasteiger partial charge in [0.1, 0.15) is 0 Å². The molecule has 0 saturated carbocycles. The van der Waals surface area contributed by atoms with Crippen LogP contribution in [0.25, 0.3) is 11.3 Å². The van der Waals surface area contributed by atoms with Gasteiger partial charge in [0, 0.05) is 43.6 Å². The molecule has 2 heterocycles. The third-order valence-corrected chi connectivity index (χ3v) is 6.45. The Morgan fingerprint density at radius 1 is 1.09 bits per heavy atom. The Morgan fingerprint density at radius 2 is 1.85 bits per heavy atom. The number of anilines is 2. The molecule has 0 saturated heterocycles. The van der Waals surface area contributed by atoms with Crippen LogP contribution < -0.4 is 14.5 Å². The van der Waals surface area contributed by atoms with Gasteiger partial charge in [0.15, 0.2) is 5.69 Å². The van der Waals surface area contributed by atoms with E-state index in [1.165, 1.54) is 12.8 Å². The van der Waals surface area contributed by atoms with Gasteiger partial charge in [-0.1, -0.05) is 61.9 Å². The number of aromatic nitrogens is 3. The van der Waals surface area contributed by atoms with Crippen molar-refractivity contribution in [3.8, 4) is 17.1 Å². The number of benzene rings is 2. The van der Waals surface area contributed by atoms with Crippen LogP contribution >= 0.6 is 11.8 Å². The smallest absolute Gasteiger partial charge is 0.247 e. The third kappa shape index (κ3) is 4.95. The molecule has 1 atom stereocenters. The fourth-order valence-corrected chi connectivity index (χ4v) is 4.56. The van der Waals surface area contributed by atoms with Gasteiger partial charge in [-0.2, -0.15) is 4.98 Å². The monoisotopic (exact) mass is 463 g/mol. The highest BCUT2D eigenvalue weighted by atomic mass is 32.2. The lowest BCUT2D eigenvalue weighted by atomic mass is 10.1. The van der Waals surface area contributed by atoms with E-state index in [-0.39, 0.29) is 5.91 Å². The standard InChI is InChI=1S/C25H29N5O2S/c1-5-6-9-16-33-25-26-23-22(27-28-25)20-10-7-8-11-21(20)30(17(2)31)24(32-23)18-12-14-19(15-13-18)29(3)4/h7-8,10-15,24H,5-6,9,16H2,1-4H3/t24-/m1/s1. The summed E-state index contributed by atoms with van der Waals surface area (Å²) in [6, 6.07) is 15.7. The van der Waals surface area contributed by atoms with Gasteiger partial charge in [0.05, 0.1) is 5.69 Å². The number of thioether (sulfide) groups is 1. The number of carbonyl (C=O) groups is 1. The molecule has 0 bridgehead atoms. The minimum absolute atomic E-state index is 0.126. The molecular weight excluding hydrogens is 434 g/mol. The minimum Gasteiger partial charge on any atom is -0.447 e. The van der Waals surface area contributed by atoms with Crippen LogP contribution in [0.15, 0.2) is 53.7 Å². The molecule has 0 aliphatic carbocycles. The number of rotatable bonds is 7. The Balaban J connectivity index is 1.78. The molecule has 0 fully saturated rings. The van der Waals surface area contributed by atoms with Crippen LogP contribution in [0.4, 0.5) is 11.4 Å². The topological polar surface area (TPSA) is 71.5 Å². The Bertz CT molecular complexity index is 1120. The average Bonchev–Trinajstić information content (AvgIpc) is 2.96. The zero-order valence-electron chi connectivity index (χ0n) is 19.5. The molecule has 3 aromatic rings.